The van der Waals surface area contributed by atoms with Crippen molar-refractivity contribution in [1.82, 2.24) is 4.72 Å². The van der Waals surface area contributed by atoms with Crippen LogP contribution in [0.5, 0.6) is 0 Å². The molecule has 21 heavy (non-hydrogen) atoms. The highest BCUT2D eigenvalue weighted by Crippen LogP contribution is 2.23. The zero-order valence-corrected chi connectivity index (χ0v) is 13.0. The Morgan fingerprint density at radius 3 is 2.57 bits per heavy atom. The van der Waals surface area contributed by atoms with Crippen LogP contribution in [0.1, 0.15) is 5.56 Å². The minimum absolute atomic E-state index is 0.194. The monoisotopic (exact) mass is 376 g/mol. The van der Waals surface area contributed by atoms with Gasteiger partial charge in [0, 0.05) is 11.0 Å². The summed E-state index contributed by atoms with van der Waals surface area (Å²) in [5.74, 6) is -1.45. The molecule has 0 amide bonds. The summed E-state index contributed by atoms with van der Waals surface area (Å²) >= 11 is 3.18. The molecule has 0 spiro atoms. The molecule has 0 radical (unpaired) electrons. The summed E-state index contributed by atoms with van der Waals surface area (Å²) in [5.41, 5.74) is 5.69. The third-order valence-electron chi connectivity index (χ3n) is 2.73. The first kappa shape index (κ1) is 15.9. The lowest BCUT2D eigenvalue weighted by molar-refractivity contribution is 0.557. The highest BCUT2D eigenvalue weighted by atomic mass is 79.9. The van der Waals surface area contributed by atoms with Gasteiger partial charge in [0.2, 0.25) is 10.0 Å². The zero-order valence-electron chi connectivity index (χ0n) is 10.6. The van der Waals surface area contributed by atoms with Crippen LogP contribution >= 0.6 is 15.9 Å². The van der Waals surface area contributed by atoms with E-state index in [9.17, 15) is 17.2 Å². The maximum absolute atomic E-state index is 13.6. The highest BCUT2D eigenvalue weighted by Gasteiger charge is 2.22. The van der Waals surface area contributed by atoms with E-state index in [0.717, 1.165) is 6.07 Å². The molecular formula is C13H11BrF2N2O2S. The molecule has 2 aromatic rings. The Morgan fingerprint density at radius 2 is 1.90 bits per heavy atom. The van der Waals surface area contributed by atoms with Crippen LogP contribution in [0.3, 0.4) is 0 Å². The molecule has 0 heterocycles. The Hall–Kier alpha value is -1.51. The number of nitrogen functional groups attached to an aromatic ring is 1. The first-order valence-corrected chi connectivity index (χ1v) is 8.06. The topological polar surface area (TPSA) is 72.2 Å². The molecule has 3 N–H and O–H groups in total. The fraction of sp³-hybridized carbons (Fsp3) is 0.0769. The quantitative estimate of drug-likeness (QED) is 0.805. The number of hydrogen-bond donors (Lipinski definition) is 2. The van der Waals surface area contributed by atoms with Crippen molar-refractivity contribution in [3.8, 4) is 0 Å². The third kappa shape index (κ3) is 3.58. The van der Waals surface area contributed by atoms with E-state index in [4.69, 9.17) is 5.73 Å². The Kier molecular flexibility index (Phi) is 4.60. The predicted molar refractivity (Wildman–Crippen MR) is 78.9 cm³/mol. The first-order valence-electron chi connectivity index (χ1n) is 5.79. The molecule has 4 nitrogen and oxygen atoms in total. The van der Waals surface area contributed by atoms with E-state index < -0.39 is 26.6 Å². The van der Waals surface area contributed by atoms with Gasteiger partial charge < -0.3 is 5.73 Å². The third-order valence-corrected chi connectivity index (χ3v) is 4.99. The van der Waals surface area contributed by atoms with Gasteiger partial charge in [-0.25, -0.2) is 21.9 Å². The van der Waals surface area contributed by atoms with Crippen LogP contribution in [0.2, 0.25) is 0 Å². The van der Waals surface area contributed by atoms with E-state index in [1.807, 2.05) is 0 Å². The van der Waals surface area contributed by atoms with Gasteiger partial charge in [-0.3, -0.25) is 0 Å². The average Bonchev–Trinajstić information content (AvgIpc) is 2.39. The molecule has 2 aromatic carbocycles. The number of hydrogen-bond acceptors (Lipinski definition) is 3. The number of nitrogens with two attached hydrogens (primary N) is 1. The summed E-state index contributed by atoms with van der Waals surface area (Å²) < 4.78 is 53.7. The average molecular weight is 377 g/mol. The summed E-state index contributed by atoms with van der Waals surface area (Å²) in [6.07, 6.45) is 0. The van der Waals surface area contributed by atoms with Crippen molar-refractivity contribution in [2.24, 2.45) is 0 Å². The lowest BCUT2D eigenvalue weighted by Crippen LogP contribution is -2.25. The standard InChI is InChI=1S/C13H11BrF2N2O2S/c14-10-5-4-9(15)6-8(10)7-18-21(19,20)13-11(16)2-1-3-12(13)17/h1-6,18H,7,17H2. The summed E-state index contributed by atoms with van der Waals surface area (Å²) in [5, 5.41) is 0. The van der Waals surface area contributed by atoms with Gasteiger partial charge in [0.15, 0.2) is 0 Å². The molecule has 0 saturated heterocycles. The van der Waals surface area contributed by atoms with Crippen LogP contribution in [-0.4, -0.2) is 8.42 Å². The molecule has 0 atom stereocenters. The summed E-state index contributed by atoms with van der Waals surface area (Å²) in [4.78, 5) is -0.613. The van der Waals surface area contributed by atoms with Gasteiger partial charge in [0.25, 0.3) is 0 Å². The molecule has 2 rings (SSSR count). The van der Waals surface area contributed by atoms with Gasteiger partial charge in [-0.1, -0.05) is 22.0 Å². The van der Waals surface area contributed by atoms with Gasteiger partial charge in [-0.05, 0) is 35.9 Å². The lowest BCUT2D eigenvalue weighted by Gasteiger charge is -2.11. The second kappa shape index (κ2) is 6.08. The number of anilines is 1. The molecule has 0 aliphatic heterocycles. The smallest absolute Gasteiger partial charge is 0.245 e. The summed E-state index contributed by atoms with van der Waals surface area (Å²) in [6, 6.07) is 7.47. The Balaban J connectivity index is 2.28. The minimum Gasteiger partial charge on any atom is -0.398 e. The Labute approximate surface area is 129 Å². The second-order valence-electron chi connectivity index (χ2n) is 4.22. The van der Waals surface area contributed by atoms with Gasteiger partial charge in [0.1, 0.15) is 16.5 Å². The van der Waals surface area contributed by atoms with Crippen LogP contribution < -0.4 is 10.5 Å². The highest BCUT2D eigenvalue weighted by molar-refractivity contribution is 9.10. The van der Waals surface area contributed by atoms with Crippen molar-refractivity contribution >= 4 is 31.6 Å². The minimum atomic E-state index is -4.14. The largest absolute Gasteiger partial charge is 0.398 e. The van der Waals surface area contributed by atoms with Crippen molar-refractivity contribution in [3.63, 3.8) is 0 Å². The number of halogens is 3. The summed E-state index contributed by atoms with van der Waals surface area (Å²) in [7, 11) is -4.14. The number of benzene rings is 2. The van der Waals surface area contributed by atoms with Crippen LogP contribution in [0.15, 0.2) is 45.8 Å². The number of nitrogens with one attached hydrogen (secondary N) is 1. The molecule has 0 aliphatic rings. The van der Waals surface area contributed by atoms with Crippen molar-refractivity contribution in [1.29, 1.82) is 0 Å². The predicted octanol–water partition coefficient (Wildman–Crippen LogP) is 2.79. The summed E-state index contributed by atoms with van der Waals surface area (Å²) in [6.45, 7) is -0.200. The maximum atomic E-state index is 13.6. The number of rotatable bonds is 4. The van der Waals surface area contributed by atoms with Crippen LogP contribution in [0.4, 0.5) is 14.5 Å². The molecule has 0 unspecified atom stereocenters. The molecule has 0 bridgehead atoms. The van der Waals surface area contributed by atoms with Crippen LogP contribution in [0.25, 0.3) is 0 Å². The molecule has 0 aromatic heterocycles. The van der Waals surface area contributed by atoms with Crippen molar-refractivity contribution in [3.05, 3.63) is 58.1 Å². The molecule has 0 saturated carbocycles. The van der Waals surface area contributed by atoms with E-state index in [1.165, 1.54) is 30.3 Å². The van der Waals surface area contributed by atoms with E-state index in [-0.39, 0.29) is 12.2 Å². The molecule has 112 valence electrons. The fourth-order valence-electron chi connectivity index (χ4n) is 1.73. The van der Waals surface area contributed by atoms with E-state index >= 15 is 0 Å². The van der Waals surface area contributed by atoms with Crippen molar-refractivity contribution < 1.29 is 17.2 Å². The molecular weight excluding hydrogens is 366 g/mol. The maximum Gasteiger partial charge on any atom is 0.245 e. The Morgan fingerprint density at radius 1 is 1.19 bits per heavy atom. The molecule has 0 aliphatic carbocycles. The first-order chi connectivity index (χ1) is 9.81. The molecule has 0 fully saturated rings. The van der Waals surface area contributed by atoms with E-state index in [1.54, 1.807) is 0 Å². The molecule has 8 heteroatoms. The van der Waals surface area contributed by atoms with Crippen molar-refractivity contribution in [2.45, 2.75) is 11.4 Å². The van der Waals surface area contributed by atoms with Crippen LogP contribution in [0, 0.1) is 11.6 Å². The van der Waals surface area contributed by atoms with Gasteiger partial charge in [-0.2, -0.15) is 0 Å². The number of sulfonamides is 1. The van der Waals surface area contributed by atoms with E-state index in [0.29, 0.717) is 10.0 Å². The Bertz CT molecular complexity index is 761. The zero-order chi connectivity index (χ0) is 15.6. The second-order valence-corrected chi connectivity index (χ2v) is 6.78. The van der Waals surface area contributed by atoms with E-state index in [2.05, 4.69) is 20.7 Å². The normalized spacial score (nSPS) is 11.6. The fourth-order valence-corrected chi connectivity index (χ4v) is 3.31. The van der Waals surface area contributed by atoms with Gasteiger partial charge in [0.05, 0.1) is 5.69 Å². The van der Waals surface area contributed by atoms with Gasteiger partial charge >= 0.3 is 0 Å². The van der Waals surface area contributed by atoms with Crippen LogP contribution in [-0.2, 0) is 16.6 Å². The van der Waals surface area contributed by atoms with Gasteiger partial charge in [-0.15, -0.1) is 0 Å². The SMILES string of the molecule is Nc1cccc(F)c1S(=O)(=O)NCc1cc(F)ccc1Br. The van der Waals surface area contributed by atoms with Crippen molar-refractivity contribution in [2.75, 3.05) is 5.73 Å². The lowest BCUT2D eigenvalue weighted by atomic mass is 10.2.